The third-order valence-corrected chi connectivity index (χ3v) is 5.53. The summed E-state index contributed by atoms with van der Waals surface area (Å²) >= 11 is 0. The number of amides is 1. The Kier molecular flexibility index (Phi) is 14.6. The highest BCUT2D eigenvalue weighted by Crippen LogP contribution is 2.36. The first-order chi connectivity index (χ1) is 18.7. The highest BCUT2D eigenvalue weighted by Gasteiger charge is 2.36. The first-order valence-electron chi connectivity index (χ1n) is 11.2. The zero-order valence-corrected chi connectivity index (χ0v) is 21.8. The van der Waals surface area contributed by atoms with Crippen LogP contribution in [-0.2, 0) is 28.5 Å². The van der Waals surface area contributed by atoms with Gasteiger partial charge in [0, 0.05) is 6.54 Å². The number of benzene rings is 2. The molecule has 0 aromatic heterocycles. The monoisotopic (exact) mass is 604 g/mol. The molecule has 0 bridgehead atoms. The van der Waals surface area contributed by atoms with E-state index < -0.39 is 44.2 Å². The lowest BCUT2D eigenvalue weighted by atomic mass is 10.0. The van der Waals surface area contributed by atoms with Crippen LogP contribution in [0.15, 0.2) is 47.2 Å². The van der Waals surface area contributed by atoms with Crippen LogP contribution in [0.2, 0.25) is 0 Å². The van der Waals surface area contributed by atoms with E-state index in [-0.39, 0.29) is 30.3 Å². The molecule has 1 aliphatic rings. The van der Waals surface area contributed by atoms with E-state index in [1.165, 1.54) is 19.2 Å². The van der Waals surface area contributed by atoms with E-state index in [0.29, 0.717) is 38.3 Å². The molecule has 1 aliphatic heterocycles. The van der Waals surface area contributed by atoms with Crippen molar-refractivity contribution >= 4 is 20.8 Å². The second-order valence-corrected chi connectivity index (χ2v) is 8.50. The van der Waals surface area contributed by atoms with Gasteiger partial charge in [-0.2, -0.15) is 31.1 Å². The zero-order chi connectivity index (χ0) is 30.5. The van der Waals surface area contributed by atoms with Gasteiger partial charge in [0.05, 0.1) is 43.5 Å². The lowest BCUT2D eigenvalue weighted by Gasteiger charge is -2.35. The summed E-state index contributed by atoms with van der Waals surface area (Å²) in [5.41, 5.74) is 2.10. The summed E-state index contributed by atoms with van der Waals surface area (Å²) in [5.74, 6) is -0.150. The summed E-state index contributed by atoms with van der Waals surface area (Å²) in [4.78, 5) is 30.5. The smallest absolute Gasteiger partial charge is 0.392 e. The van der Waals surface area contributed by atoms with Gasteiger partial charge < -0.3 is 30.7 Å². The summed E-state index contributed by atoms with van der Waals surface area (Å²) in [7, 11) is -0.992. The van der Waals surface area contributed by atoms with E-state index in [1.54, 1.807) is 12.1 Å². The third-order valence-electron chi connectivity index (χ3n) is 5.11. The number of ether oxygens (including phenoxy) is 1. The topological polar surface area (TPSA) is 141 Å². The molecule has 1 saturated heterocycles. The third kappa shape index (κ3) is 11.8. The number of hydrogen-bond acceptors (Lipinski definition) is 8. The van der Waals surface area contributed by atoms with Crippen LogP contribution in [-0.4, -0.2) is 65.4 Å². The Hall–Kier alpha value is -2.72. The summed E-state index contributed by atoms with van der Waals surface area (Å²) in [5, 5.41) is 10.9. The number of nitrogens with one attached hydrogen (secondary N) is 1. The number of rotatable bonds is 6. The molecule has 9 nitrogen and oxygen atoms in total. The average molecular weight is 604 g/mol. The van der Waals surface area contributed by atoms with Crippen molar-refractivity contribution in [2.24, 2.45) is 10.5 Å². The number of amidine groups is 1. The molecule has 17 heteroatoms. The number of aliphatic hydroxyl groups is 1. The number of alkyl halides is 6. The van der Waals surface area contributed by atoms with Gasteiger partial charge in [-0.3, -0.25) is 9.69 Å². The number of halogens is 7. The fraction of sp³-hybridized carbons (Fsp3) is 0.391. The van der Waals surface area contributed by atoms with Gasteiger partial charge in [0.1, 0.15) is 11.7 Å². The van der Waals surface area contributed by atoms with E-state index in [9.17, 15) is 35.5 Å². The molecule has 1 heterocycles. The van der Waals surface area contributed by atoms with Gasteiger partial charge in [0.25, 0.3) is 0 Å². The maximum absolute atomic E-state index is 13.0. The number of morpholine rings is 1. The molecule has 0 spiro atoms. The predicted octanol–water partition coefficient (Wildman–Crippen LogP) is 3.35. The van der Waals surface area contributed by atoms with Crippen molar-refractivity contribution in [1.82, 2.24) is 10.2 Å². The average Bonchev–Trinajstić information content (AvgIpc) is 2.89. The van der Waals surface area contributed by atoms with Crippen LogP contribution in [0.3, 0.4) is 0 Å². The van der Waals surface area contributed by atoms with E-state index in [4.69, 9.17) is 19.6 Å². The summed E-state index contributed by atoms with van der Waals surface area (Å²) in [6.07, 6.45) is -9.30. The molecule has 0 aliphatic carbocycles. The Morgan fingerprint density at radius 2 is 1.65 bits per heavy atom. The molecule has 40 heavy (non-hydrogen) atoms. The molecule has 2 aromatic rings. The SMILES string of the molecule is CN.O=CN/C(CN1CCOC[C@@H]1c1ccc(F)cc1)=N/P(O)O.OCc1cc(C(F)(F)F)cc(C(F)(F)F)c1. The molecule has 0 saturated carbocycles. The molecule has 0 unspecified atom stereocenters. The van der Waals surface area contributed by atoms with Crippen LogP contribution in [0.5, 0.6) is 0 Å². The normalized spacial score (nSPS) is 16.4. The highest BCUT2D eigenvalue weighted by atomic mass is 31.2. The van der Waals surface area contributed by atoms with Gasteiger partial charge >= 0.3 is 20.9 Å². The standard InChI is InChI=1S/C13H17FN3O4P.C9H6F6O.CH5N/c14-11-3-1-10(2-4-11)12-8-21-6-5-17(12)7-13(15-9-18)16-22(19)20;10-8(11,12)6-1-5(4-16)2-7(3-6)9(13,14)15;1-2/h1-4,9,12,19-20H,5-8H2,(H,15,16,18);1-3,16H,4H2;2H2,1H3/t12-;;/m1../s1. The molecule has 0 radical (unpaired) electrons. The van der Waals surface area contributed by atoms with Gasteiger partial charge in [-0.25, -0.2) is 4.39 Å². The van der Waals surface area contributed by atoms with Crippen molar-refractivity contribution in [2.75, 3.05) is 33.4 Å². The zero-order valence-electron chi connectivity index (χ0n) is 21.0. The molecule has 6 N–H and O–H groups in total. The summed E-state index contributed by atoms with van der Waals surface area (Å²) < 4.78 is 95.4. The van der Waals surface area contributed by atoms with Crippen molar-refractivity contribution in [3.8, 4) is 0 Å². The number of nitrogens with two attached hydrogens (primary N) is 1. The number of carbonyl (C=O) groups excluding carboxylic acids is 1. The molecule has 1 fully saturated rings. The van der Waals surface area contributed by atoms with Gasteiger partial charge in [0.2, 0.25) is 6.41 Å². The Morgan fingerprint density at radius 3 is 2.10 bits per heavy atom. The number of aliphatic hydroxyl groups excluding tert-OH is 1. The van der Waals surface area contributed by atoms with Gasteiger partial charge in [-0.15, -0.1) is 0 Å². The number of nitrogens with zero attached hydrogens (tertiary/aromatic N) is 2. The molecule has 1 atom stereocenters. The molecule has 1 amide bonds. The van der Waals surface area contributed by atoms with Crippen LogP contribution in [0.1, 0.15) is 28.3 Å². The summed E-state index contributed by atoms with van der Waals surface area (Å²) in [6, 6.07) is 6.96. The second kappa shape index (κ2) is 16.5. The van der Waals surface area contributed by atoms with Crippen LogP contribution in [0.4, 0.5) is 30.7 Å². The minimum absolute atomic E-state index is 0.0131. The van der Waals surface area contributed by atoms with Crippen LogP contribution in [0.25, 0.3) is 0 Å². The van der Waals surface area contributed by atoms with Crippen molar-refractivity contribution in [1.29, 1.82) is 0 Å². The lowest BCUT2D eigenvalue weighted by molar-refractivity contribution is -0.143. The minimum Gasteiger partial charge on any atom is -0.392 e. The second-order valence-electron chi connectivity index (χ2n) is 7.76. The van der Waals surface area contributed by atoms with Crippen molar-refractivity contribution in [3.63, 3.8) is 0 Å². The summed E-state index contributed by atoms with van der Waals surface area (Å²) in [6.45, 7) is 0.861. The Bertz CT molecular complexity index is 1050. The number of hydrogen-bond donors (Lipinski definition) is 5. The van der Waals surface area contributed by atoms with E-state index in [2.05, 4.69) is 15.8 Å². The minimum atomic E-state index is -4.87. The van der Waals surface area contributed by atoms with Gasteiger partial charge in [-0.05, 0) is 48.5 Å². The first-order valence-corrected chi connectivity index (χ1v) is 12.4. The Labute approximate surface area is 226 Å². The Balaban J connectivity index is 0.000000394. The maximum atomic E-state index is 13.0. The molecule has 224 valence electrons. The fourth-order valence-electron chi connectivity index (χ4n) is 3.40. The van der Waals surface area contributed by atoms with Crippen molar-refractivity contribution < 1.29 is 55.2 Å². The van der Waals surface area contributed by atoms with E-state index in [1.807, 2.05) is 4.90 Å². The van der Waals surface area contributed by atoms with Gasteiger partial charge in [0.15, 0.2) is 0 Å². The van der Waals surface area contributed by atoms with E-state index >= 15 is 0 Å². The van der Waals surface area contributed by atoms with Crippen molar-refractivity contribution in [2.45, 2.75) is 25.0 Å². The quantitative estimate of drug-likeness (QED) is 0.112. The molecule has 2 aromatic carbocycles. The number of carbonyl (C=O) groups is 1. The molecule has 3 rings (SSSR count). The lowest BCUT2D eigenvalue weighted by Crippen LogP contribution is -2.45. The predicted molar refractivity (Wildman–Crippen MR) is 132 cm³/mol. The van der Waals surface area contributed by atoms with Crippen molar-refractivity contribution in [3.05, 3.63) is 70.5 Å². The first kappa shape index (κ1) is 35.3. The van der Waals surface area contributed by atoms with E-state index in [0.717, 1.165) is 5.56 Å². The maximum Gasteiger partial charge on any atom is 0.416 e. The van der Waals surface area contributed by atoms with Gasteiger partial charge in [-0.1, -0.05) is 12.1 Å². The van der Waals surface area contributed by atoms with Crippen LogP contribution < -0.4 is 11.1 Å². The molecular formula is C23H28F7N4O5P. The largest absolute Gasteiger partial charge is 0.416 e. The van der Waals surface area contributed by atoms with Crippen LogP contribution >= 0.6 is 8.53 Å². The molecular weight excluding hydrogens is 576 g/mol. The highest BCUT2D eigenvalue weighted by molar-refractivity contribution is 7.43. The fourth-order valence-corrected chi connectivity index (χ4v) is 3.74. The Morgan fingerprint density at radius 1 is 1.10 bits per heavy atom. The van der Waals surface area contributed by atoms with Crippen LogP contribution in [0, 0.1) is 5.82 Å².